The number of rotatable bonds is 2. The Morgan fingerprint density at radius 2 is 2.11 bits per heavy atom. The predicted molar refractivity (Wildman–Crippen MR) is 39.5 cm³/mol. The zero-order valence-electron chi connectivity index (χ0n) is 5.80. The summed E-state index contributed by atoms with van der Waals surface area (Å²) in [7, 11) is 0. The fraction of sp³-hybridized carbons (Fsp3) is 0.667. The molecule has 0 aliphatic rings. The molecule has 0 amide bonds. The Labute approximate surface area is 60.2 Å². The zero-order chi connectivity index (χ0) is 7.49. The summed E-state index contributed by atoms with van der Waals surface area (Å²) >= 11 is 4.63. The van der Waals surface area contributed by atoms with Crippen LogP contribution in [0.25, 0.3) is 0 Å². The highest BCUT2D eigenvalue weighted by molar-refractivity contribution is 7.80. The van der Waals surface area contributed by atoms with Crippen molar-refractivity contribution in [3.05, 3.63) is 0 Å². The minimum Gasteiger partial charge on any atom is -0.474 e. The third-order valence-electron chi connectivity index (χ3n) is 0.691. The van der Waals surface area contributed by atoms with Crippen molar-refractivity contribution in [2.45, 2.75) is 26.4 Å². The third-order valence-corrected chi connectivity index (χ3v) is 0.774. The summed E-state index contributed by atoms with van der Waals surface area (Å²) in [5.41, 5.74) is -0.758. The topological polar surface area (TPSA) is 26.3 Å². The Balaban J connectivity index is 3.86. The second-order valence-corrected chi connectivity index (χ2v) is 2.89. The van der Waals surface area contributed by atoms with Gasteiger partial charge in [-0.15, -0.1) is 0 Å². The number of carbonyl (C=O) groups excluding carboxylic acids is 1. The molecule has 0 unspecified atom stereocenters. The summed E-state index contributed by atoms with van der Waals surface area (Å²) in [6.07, 6.45) is 0.725. The van der Waals surface area contributed by atoms with Gasteiger partial charge in [0.25, 0.3) is 0 Å². The van der Waals surface area contributed by atoms with Crippen molar-refractivity contribution < 1.29 is 9.53 Å². The first-order valence-corrected chi connectivity index (χ1v) is 3.04. The Kier molecular flexibility index (Phi) is 2.77. The molecule has 0 heterocycles. The van der Waals surface area contributed by atoms with Gasteiger partial charge in [0.15, 0.2) is 16.9 Å². The summed E-state index contributed by atoms with van der Waals surface area (Å²) in [6, 6.07) is 0. The van der Waals surface area contributed by atoms with Gasteiger partial charge in [-0.25, -0.2) is 0 Å². The molecule has 3 heteroatoms. The van der Waals surface area contributed by atoms with E-state index in [1.165, 1.54) is 0 Å². The SMILES string of the molecule is CC(=S)OC(C)(C)C=O. The van der Waals surface area contributed by atoms with Crippen molar-refractivity contribution in [2.24, 2.45) is 0 Å². The molecular formula is C6H10O2S. The molecule has 0 aromatic carbocycles. The maximum atomic E-state index is 10.2. The van der Waals surface area contributed by atoms with Gasteiger partial charge >= 0.3 is 0 Å². The molecule has 0 radical (unpaired) electrons. The number of carbonyl (C=O) groups is 1. The molecule has 52 valence electrons. The van der Waals surface area contributed by atoms with E-state index in [2.05, 4.69) is 12.2 Å². The van der Waals surface area contributed by atoms with Gasteiger partial charge in [-0.1, -0.05) is 0 Å². The summed E-state index contributed by atoms with van der Waals surface area (Å²) in [6.45, 7) is 4.96. The molecule has 0 N–H and O–H groups in total. The van der Waals surface area contributed by atoms with Gasteiger partial charge in [0, 0.05) is 6.92 Å². The van der Waals surface area contributed by atoms with E-state index in [-0.39, 0.29) is 0 Å². The maximum absolute atomic E-state index is 10.2. The van der Waals surface area contributed by atoms with E-state index in [0.717, 1.165) is 6.29 Å². The smallest absolute Gasteiger partial charge is 0.163 e. The molecule has 0 aromatic rings. The first-order chi connectivity index (χ1) is 3.98. The van der Waals surface area contributed by atoms with E-state index in [1.54, 1.807) is 20.8 Å². The molecule has 0 saturated heterocycles. The number of aldehydes is 1. The van der Waals surface area contributed by atoms with Crippen LogP contribution in [0.2, 0.25) is 0 Å². The van der Waals surface area contributed by atoms with Crippen molar-refractivity contribution in [1.82, 2.24) is 0 Å². The van der Waals surface area contributed by atoms with Crippen LogP contribution in [0.3, 0.4) is 0 Å². The molecule has 0 atom stereocenters. The average Bonchev–Trinajstić information content (AvgIpc) is 1.63. The second kappa shape index (κ2) is 2.92. The molecule has 0 fully saturated rings. The van der Waals surface area contributed by atoms with Crippen LogP contribution in [-0.2, 0) is 9.53 Å². The van der Waals surface area contributed by atoms with Crippen molar-refractivity contribution in [3.63, 3.8) is 0 Å². The molecule has 0 spiro atoms. The van der Waals surface area contributed by atoms with Crippen molar-refractivity contribution in [1.29, 1.82) is 0 Å². The van der Waals surface area contributed by atoms with Crippen LogP contribution in [0.5, 0.6) is 0 Å². The van der Waals surface area contributed by atoms with E-state index in [0.29, 0.717) is 5.05 Å². The van der Waals surface area contributed by atoms with Crippen LogP contribution in [0.4, 0.5) is 0 Å². The number of ether oxygens (including phenoxy) is 1. The lowest BCUT2D eigenvalue weighted by Gasteiger charge is -2.17. The van der Waals surface area contributed by atoms with E-state index in [4.69, 9.17) is 4.74 Å². The van der Waals surface area contributed by atoms with Crippen molar-refractivity contribution in [2.75, 3.05) is 0 Å². The molecule has 0 aliphatic heterocycles. The van der Waals surface area contributed by atoms with Gasteiger partial charge < -0.3 is 4.74 Å². The predicted octanol–water partition coefficient (Wildman–Crippen LogP) is 1.33. The van der Waals surface area contributed by atoms with Gasteiger partial charge in [-0.3, -0.25) is 4.79 Å². The van der Waals surface area contributed by atoms with Crippen LogP contribution in [0, 0.1) is 0 Å². The second-order valence-electron chi connectivity index (χ2n) is 2.31. The van der Waals surface area contributed by atoms with Crippen LogP contribution in [0.1, 0.15) is 20.8 Å². The Morgan fingerprint density at radius 1 is 1.67 bits per heavy atom. The highest BCUT2D eigenvalue weighted by Crippen LogP contribution is 2.04. The highest BCUT2D eigenvalue weighted by atomic mass is 32.1. The standard InChI is InChI=1S/C6H10O2S/c1-5(9)8-6(2,3)4-7/h4H,1-3H3. The van der Waals surface area contributed by atoms with Gasteiger partial charge in [0.2, 0.25) is 0 Å². The van der Waals surface area contributed by atoms with E-state index in [1.807, 2.05) is 0 Å². The van der Waals surface area contributed by atoms with Gasteiger partial charge in [0.05, 0.1) is 0 Å². The van der Waals surface area contributed by atoms with Crippen LogP contribution >= 0.6 is 12.2 Å². The highest BCUT2D eigenvalue weighted by Gasteiger charge is 2.17. The Hall–Kier alpha value is -0.440. The third kappa shape index (κ3) is 4.09. The quantitative estimate of drug-likeness (QED) is 0.434. The minimum atomic E-state index is -0.758. The van der Waals surface area contributed by atoms with E-state index in [9.17, 15) is 4.79 Å². The van der Waals surface area contributed by atoms with Crippen molar-refractivity contribution >= 4 is 23.6 Å². The lowest BCUT2D eigenvalue weighted by Crippen LogP contribution is -2.27. The van der Waals surface area contributed by atoms with Gasteiger partial charge in [-0.2, -0.15) is 0 Å². The van der Waals surface area contributed by atoms with E-state index < -0.39 is 5.60 Å². The molecule has 2 nitrogen and oxygen atoms in total. The maximum Gasteiger partial charge on any atom is 0.163 e. The van der Waals surface area contributed by atoms with E-state index >= 15 is 0 Å². The summed E-state index contributed by atoms with van der Waals surface area (Å²) < 4.78 is 4.95. The normalized spacial score (nSPS) is 10.6. The average molecular weight is 146 g/mol. The first-order valence-electron chi connectivity index (χ1n) is 2.64. The van der Waals surface area contributed by atoms with Crippen molar-refractivity contribution in [3.8, 4) is 0 Å². The largest absolute Gasteiger partial charge is 0.474 e. The van der Waals surface area contributed by atoms with Gasteiger partial charge in [-0.05, 0) is 26.1 Å². The number of hydrogen-bond donors (Lipinski definition) is 0. The zero-order valence-corrected chi connectivity index (χ0v) is 6.62. The Morgan fingerprint density at radius 3 is 2.22 bits per heavy atom. The molecule has 0 aliphatic carbocycles. The number of thiocarbonyl (C=S) groups is 1. The fourth-order valence-corrected chi connectivity index (χ4v) is 0.609. The van der Waals surface area contributed by atoms with Gasteiger partial charge in [0.1, 0.15) is 0 Å². The van der Waals surface area contributed by atoms with Crippen LogP contribution in [-0.4, -0.2) is 16.9 Å². The monoisotopic (exact) mass is 146 g/mol. The Bertz CT molecular complexity index is 129. The molecule has 0 saturated carbocycles. The first kappa shape index (κ1) is 8.56. The number of hydrogen-bond acceptors (Lipinski definition) is 3. The lowest BCUT2D eigenvalue weighted by molar-refractivity contribution is -0.119. The summed E-state index contributed by atoms with van der Waals surface area (Å²) in [5, 5.41) is 0.395. The molecule has 9 heavy (non-hydrogen) atoms. The summed E-state index contributed by atoms with van der Waals surface area (Å²) in [5.74, 6) is 0. The molecule has 0 bridgehead atoms. The summed E-state index contributed by atoms with van der Waals surface area (Å²) in [4.78, 5) is 10.2. The minimum absolute atomic E-state index is 0.395. The van der Waals surface area contributed by atoms with Crippen LogP contribution < -0.4 is 0 Å². The van der Waals surface area contributed by atoms with Crippen LogP contribution in [0.15, 0.2) is 0 Å². The fourth-order valence-electron chi connectivity index (χ4n) is 0.394. The molecular weight excluding hydrogens is 136 g/mol. The molecule has 0 rings (SSSR count). The molecule has 0 aromatic heterocycles. The lowest BCUT2D eigenvalue weighted by atomic mass is 10.2.